The summed E-state index contributed by atoms with van der Waals surface area (Å²) in [4.78, 5) is 6.97. The number of sulfonamides is 1. The summed E-state index contributed by atoms with van der Waals surface area (Å²) in [6.45, 7) is 0.533. The molecule has 7 heteroatoms. The van der Waals surface area contributed by atoms with Crippen LogP contribution in [0.15, 0.2) is 67.1 Å². The van der Waals surface area contributed by atoms with E-state index in [-0.39, 0.29) is 12.4 Å². The number of nitrogens with one attached hydrogen (secondary N) is 2. The Balaban J connectivity index is 1.49. The monoisotopic (exact) mass is 357 g/mol. The Morgan fingerprint density at radius 1 is 1.04 bits per heavy atom. The van der Waals surface area contributed by atoms with Gasteiger partial charge in [0.25, 0.3) is 0 Å². The molecule has 0 radical (unpaired) electrons. The van der Waals surface area contributed by atoms with Gasteiger partial charge in [0.15, 0.2) is 0 Å². The zero-order chi connectivity index (χ0) is 17.5. The topological polar surface area (TPSA) is 84.1 Å². The summed E-state index contributed by atoms with van der Waals surface area (Å²) in [7, 11) is -3.45. The molecule has 3 aromatic rings. The molecular weight excluding hydrogens is 338 g/mol. The predicted octanol–water partition coefficient (Wildman–Crippen LogP) is 3.04. The second kappa shape index (κ2) is 7.96. The minimum absolute atomic E-state index is 0.0951. The number of hydrogen-bond donors (Lipinski definition) is 2. The summed E-state index contributed by atoms with van der Waals surface area (Å²) < 4.78 is 32.2. The van der Waals surface area contributed by atoms with E-state index in [1.54, 1.807) is 24.7 Å². The lowest BCUT2D eigenvalue weighted by Gasteiger charge is -2.09. The van der Waals surface area contributed by atoms with Crippen molar-refractivity contribution in [1.29, 1.82) is 0 Å². The lowest BCUT2D eigenvalue weighted by Crippen LogP contribution is -2.20. The average molecular weight is 357 g/mol. The van der Waals surface area contributed by atoms with Crippen molar-refractivity contribution in [3.05, 3.63) is 72.7 Å². The first-order chi connectivity index (χ1) is 12.1. The number of aromatic nitrogens is 2. The van der Waals surface area contributed by atoms with Crippen LogP contribution in [0.25, 0.3) is 11.3 Å². The average Bonchev–Trinajstić information content (AvgIpc) is 3.15. The molecule has 0 aliphatic rings. The highest BCUT2D eigenvalue weighted by atomic mass is 32.2. The number of imidazole rings is 1. The van der Waals surface area contributed by atoms with Crippen molar-refractivity contribution in [2.24, 2.45) is 0 Å². The molecule has 6 nitrogen and oxygen atoms in total. The molecule has 0 fully saturated rings. The van der Waals surface area contributed by atoms with E-state index < -0.39 is 10.0 Å². The molecule has 3 rings (SSSR count). The van der Waals surface area contributed by atoms with Crippen molar-refractivity contribution < 1.29 is 13.2 Å². The molecule has 1 aromatic heterocycles. The molecule has 0 amide bonds. The standard InChI is InChI=1S/C18H19N3O3S/c22-25(23,11-10-24-13-15-4-2-1-3-5-15)21-17-8-6-16(7-9-17)18-12-19-14-20-18/h1-9,12,14,21H,10-11,13H2,(H,19,20). The quantitative estimate of drug-likeness (QED) is 0.607. The summed E-state index contributed by atoms with van der Waals surface area (Å²) in [5.74, 6) is -0.0951. The molecule has 0 aliphatic heterocycles. The SMILES string of the molecule is O=S(=O)(CCOCc1ccccc1)Nc1ccc(-c2cnc[nH]2)cc1. The van der Waals surface area contributed by atoms with Gasteiger partial charge in [0, 0.05) is 5.69 Å². The van der Waals surface area contributed by atoms with Crippen molar-refractivity contribution in [2.75, 3.05) is 17.1 Å². The van der Waals surface area contributed by atoms with Gasteiger partial charge in [-0.3, -0.25) is 4.72 Å². The molecule has 0 spiro atoms. The van der Waals surface area contributed by atoms with Crippen LogP contribution in [-0.2, 0) is 21.4 Å². The van der Waals surface area contributed by atoms with E-state index in [4.69, 9.17) is 4.74 Å². The van der Waals surface area contributed by atoms with E-state index in [0.717, 1.165) is 16.8 Å². The third kappa shape index (κ3) is 5.17. The molecule has 0 unspecified atom stereocenters. The molecule has 0 bridgehead atoms. The lowest BCUT2D eigenvalue weighted by molar-refractivity contribution is 0.135. The smallest absolute Gasteiger partial charge is 0.234 e. The van der Waals surface area contributed by atoms with Crippen LogP contribution in [0.3, 0.4) is 0 Å². The fourth-order valence-electron chi connectivity index (χ4n) is 2.30. The summed E-state index contributed by atoms with van der Waals surface area (Å²) in [5.41, 5.74) is 3.35. The van der Waals surface area contributed by atoms with Gasteiger partial charge in [-0.05, 0) is 23.3 Å². The highest BCUT2D eigenvalue weighted by molar-refractivity contribution is 7.92. The fourth-order valence-corrected chi connectivity index (χ4v) is 3.23. The number of hydrogen-bond acceptors (Lipinski definition) is 4. The lowest BCUT2D eigenvalue weighted by atomic mass is 10.1. The van der Waals surface area contributed by atoms with Gasteiger partial charge in [-0.25, -0.2) is 13.4 Å². The minimum Gasteiger partial charge on any atom is -0.376 e. The van der Waals surface area contributed by atoms with Gasteiger partial charge in [0.2, 0.25) is 10.0 Å². The second-order valence-corrected chi connectivity index (χ2v) is 7.34. The van der Waals surface area contributed by atoms with Crippen LogP contribution < -0.4 is 4.72 Å². The minimum atomic E-state index is -3.45. The van der Waals surface area contributed by atoms with Crippen molar-refractivity contribution in [1.82, 2.24) is 9.97 Å². The van der Waals surface area contributed by atoms with Gasteiger partial charge in [-0.2, -0.15) is 0 Å². The van der Waals surface area contributed by atoms with Crippen molar-refractivity contribution in [3.8, 4) is 11.3 Å². The number of rotatable bonds is 8. The molecule has 2 N–H and O–H groups in total. The van der Waals surface area contributed by atoms with Crippen molar-refractivity contribution in [3.63, 3.8) is 0 Å². The molecule has 0 atom stereocenters. The number of nitrogens with zero attached hydrogens (tertiary/aromatic N) is 1. The Hall–Kier alpha value is -2.64. The number of ether oxygens (including phenoxy) is 1. The van der Waals surface area contributed by atoms with Gasteiger partial charge < -0.3 is 9.72 Å². The van der Waals surface area contributed by atoms with Crippen LogP contribution >= 0.6 is 0 Å². The molecular formula is C18H19N3O3S. The van der Waals surface area contributed by atoms with E-state index in [0.29, 0.717) is 12.3 Å². The Morgan fingerprint density at radius 3 is 2.48 bits per heavy atom. The Morgan fingerprint density at radius 2 is 1.80 bits per heavy atom. The Bertz CT molecular complexity index is 877. The molecule has 0 saturated heterocycles. The summed E-state index contributed by atoms with van der Waals surface area (Å²) in [6.07, 6.45) is 3.31. The van der Waals surface area contributed by atoms with Crippen molar-refractivity contribution in [2.45, 2.75) is 6.61 Å². The van der Waals surface area contributed by atoms with E-state index in [1.807, 2.05) is 42.5 Å². The third-order valence-electron chi connectivity index (χ3n) is 3.58. The van der Waals surface area contributed by atoms with Gasteiger partial charge in [-0.1, -0.05) is 42.5 Å². The second-order valence-electron chi connectivity index (χ2n) is 5.50. The van der Waals surface area contributed by atoms with E-state index >= 15 is 0 Å². The first-order valence-corrected chi connectivity index (χ1v) is 9.49. The largest absolute Gasteiger partial charge is 0.376 e. The van der Waals surface area contributed by atoms with Gasteiger partial charge in [-0.15, -0.1) is 0 Å². The van der Waals surface area contributed by atoms with Gasteiger partial charge in [0.1, 0.15) is 0 Å². The number of H-pyrrole nitrogens is 1. The number of anilines is 1. The number of benzene rings is 2. The predicted molar refractivity (Wildman–Crippen MR) is 97.5 cm³/mol. The molecule has 130 valence electrons. The Labute approximate surface area is 146 Å². The highest BCUT2D eigenvalue weighted by Gasteiger charge is 2.10. The van der Waals surface area contributed by atoms with Crippen LogP contribution in [0, 0.1) is 0 Å². The van der Waals surface area contributed by atoms with E-state index in [9.17, 15) is 8.42 Å². The zero-order valence-corrected chi connectivity index (χ0v) is 14.4. The maximum atomic E-state index is 12.1. The molecule has 0 aliphatic carbocycles. The zero-order valence-electron chi connectivity index (χ0n) is 13.6. The van der Waals surface area contributed by atoms with Crippen LogP contribution in [0.1, 0.15) is 5.56 Å². The first kappa shape index (κ1) is 17.2. The third-order valence-corrected chi connectivity index (χ3v) is 4.83. The van der Waals surface area contributed by atoms with E-state index in [2.05, 4.69) is 14.7 Å². The van der Waals surface area contributed by atoms with Crippen LogP contribution in [0.5, 0.6) is 0 Å². The summed E-state index contributed by atoms with van der Waals surface area (Å²) >= 11 is 0. The normalized spacial score (nSPS) is 11.4. The maximum Gasteiger partial charge on any atom is 0.234 e. The van der Waals surface area contributed by atoms with E-state index in [1.165, 1.54) is 0 Å². The maximum absolute atomic E-state index is 12.1. The van der Waals surface area contributed by atoms with Gasteiger partial charge in [0.05, 0.1) is 37.2 Å². The number of aromatic amines is 1. The van der Waals surface area contributed by atoms with Gasteiger partial charge >= 0.3 is 0 Å². The highest BCUT2D eigenvalue weighted by Crippen LogP contribution is 2.19. The molecule has 0 saturated carbocycles. The molecule has 25 heavy (non-hydrogen) atoms. The first-order valence-electron chi connectivity index (χ1n) is 7.83. The summed E-state index contributed by atoms with van der Waals surface area (Å²) in [6, 6.07) is 16.7. The van der Waals surface area contributed by atoms with Crippen LogP contribution in [0.2, 0.25) is 0 Å². The Kier molecular flexibility index (Phi) is 5.47. The van der Waals surface area contributed by atoms with Crippen LogP contribution in [-0.4, -0.2) is 30.7 Å². The summed E-state index contributed by atoms with van der Waals surface area (Å²) in [5, 5.41) is 0. The van der Waals surface area contributed by atoms with Crippen LogP contribution in [0.4, 0.5) is 5.69 Å². The van der Waals surface area contributed by atoms with Crippen molar-refractivity contribution >= 4 is 15.7 Å². The molecule has 1 heterocycles. The fraction of sp³-hybridized carbons (Fsp3) is 0.167. The molecule has 2 aromatic carbocycles.